The minimum Gasteiger partial charge on any atom is -0.414 e. The quantitative estimate of drug-likeness (QED) is 0.166. The van der Waals surface area contributed by atoms with Crippen LogP contribution in [0.4, 0.5) is 0 Å². The van der Waals surface area contributed by atoms with Crippen LogP contribution in [-0.2, 0) is 28.9 Å². The second-order valence-corrected chi connectivity index (χ2v) is 27.4. The summed E-state index contributed by atoms with van der Waals surface area (Å²) in [6.07, 6.45) is 13.0. The molecule has 2 aromatic rings. The lowest BCUT2D eigenvalue weighted by Gasteiger charge is -2.49. The highest BCUT2D eigenvalue weighted by atomic mass is 32.2. The maximum Gasteiger partial charge on any atom is 0.192 e. The number of hydrogen-bond acceptors (Lipinski definition) is 6. The minimum atomic E-state index is -3.21. The van der Waals surface area contributed by atoms with E-state index in [4.69, 9.17) is 4.43 Å². The molecular formula is C46H72O6S2Si. The average Bonchev–Trinajstić information content (AvgIpc) is 3.74. The molecule has 4 aliphatic rings. The number of fused-ring (bicyclic) bond motifs is 2. The summed E-state index contributed by atoms with van der Waals surface area (Å²) in [5.41, 5.74) is 0.388. The Bertz CT molecular complexity index is 1750. The van der Waals surface area contributed by atoms with Crippen molar-refractivity contribution in [2.75, 3.05) is 11.5 Å². The molecule has 308 valence electrons. The topological polar surface area (TPSA) is 94.6 Å². The molecule has 4 saturated carbocycles. The summed E-state index contributed by atoms with van der Waals surface area (Å²) in [5.74, 6) is 3.60. The third-order valence-electron chi connectivity index (χ3n) is 15.7. The lowest BCUT2D eigenvalue weighted by atomic mass is 9.61. The molecule has 0 heterocycles. The van der Waals surface area contributed by atoms with Gasteiger partial charge in [-0.05, 0) is 147 Å². The Labute approximate surface area is 336 Å². The molecule has 0 bridgehead atoms. The standard InChI is InChI=1S/C26H44O3SSi.C20H28O3S/c1-6-31(7-2,8-3)29-25-15-12-19-26(5)23(16-17-24(25)26)21(4)18-20-30(27,28)22-13-10-9-11-14-22;1-15(12-14-24(22,23)16-7-4-3-5-8-16)17-10-11-18-19(21)9-6-13-20(17,18)2/h9-11,13-14,21,23-25H,6-8,12,15-20H2,1-5H3;3-5,7-8,15,17-18H,6,9-14H2,1-2H3/t21-,23-,24+,25+,26-;15-,17-,18+,20-/m11/s1. The van der Waals surface area contributed by atoms with Crippen molar-refractivity contribution in [1.82, 2.24) is 0 Å². The molecule has 6 nitrogen and oxygen atoms in total. The first-order valence-electron chi connectivity index (χ1n) is 21.8. The van der Waals surface area contributed by atoms with E-state index in [0.29, 0.717) is 63.1 Å². The zero-order chi connectivity index (χ0) is 40.1. The summed E-state index contributed by atoms with van der Waals surface area (Å²) >= 11 is 0. The molecule has 2 aromatic carbocycles. The molecule has 0 spiro atoms. The van der Waals surface area contributed by atoms with E-state index in [1.165, 1.54) is 50.2 Å². The molecule has 0 aliphatic heterocycles. The van der Waals surface area contributed by atoms with Gasteiger partial charge in [0.25, 0.3) is 0 Å². The Balaban J connectivity index is 0.000000218. The maximum atomic E-state index is 12.8. The number of rotatable bonds is 15. The van der Waals surface area contributed by atoms with Crippen LogP contribution in [0.15, 0.2) is 70.5 Å². The summed E-state index contributed by atoms with van der Waals surface area (Å²) in [6.45, 7) is 16.2. The van der Waals surface area contributed by atoms with E-state index < -0.39 is 28.0 Å². The SMILES string of the molecule is CC[Si](CC)(CC)O[C@H]1CCC[C@]2(C)[C@@H]([C@H](C)CCS(=O)(=O)c3ccccc3)CC[C@@H]12.C[C@H](CCS(=O)(=O)c1ccccc1)[C@H]1CC[C@H]2C(=O)CCC[C@]12C. The number of carbonyl (C=O) groups excluding carboxylic acids is 1. The number of hydrogen-bond donors (Lipinski definition) is 0. The average molecular weight is 813 g/mol. The van der Waals surface area contributed by atoms with Crippen molar-refractivity contribution in [3.63, 3.8) is 0 Å². The zero-order valence-corrected chi connectivity index (χ0v) is 37.7. The Morgan fingerprint density at radius 3 is 1.65 bits per heavy atom. The van der Waals surface area contributed by atoms with Gasteiger partial charge in [-0.3, -0.25) is 4.79 Å². The molecule has 0 aromatic heterocycles. The molecule has 9 heteroatoms. The number of Topliss-reactive ketones (excluding diaryl/α,β-unsaturated/α-hetero) is 1. The monoisotopic (exact) mass is 812 g/mol. The fourth-order valence-corrected chi connectivity index (χ4v) is 17.9. The van der Waals surface area contributed by atoms with Crippen LogP contribution in [0.3, 0.4) is 0 Å². The number of benzene rings is 2. The van der Waals surface area contributed by atoms with Crippen LogP contribution in [0, 0.1) is 46.3 Å². The van der Waals surface area contributed by atoms with Crippen LogP contribution in [0.2, 0.25) is 18.1 Å². The molecule has 0 saturated heterocycles. The van der Waals surface area contributed by atoms with Crippen LogP contribution in [-0.4, -0.2) is 48.5 Å². The molecule has 0 amide bonds. The van der Waals surface area contributed by atoms with Crippen molar-refractivity contribution in [2.45, 2.75) is 160 Å². The van der Waals surface area contributed by atoms with E-state index in [9.17, 15) is 21.6 Å². The van der Waals surface area contributed by atoms with Gasteiger partial charge in [0, 0.05) is 18.4 Å². The van der Waals surface area contributed by atoms with Crippen LogP contribution in [0.25, 0.3) is 0 Å². The Morgan fingerprint density at radius 2 is 1.15 bits per heavy atom. The Hall–Kier alpha value is -1.81. The van der Waals surface area contributed by atoms with Crippen molar-refractivity contribution in [1.29, 1.82) is 0 Å². The molecule has 4 aliphatic carbocycles. The van der Waals surface area contributed by atoms with Crippen LogP contribution >= 0.6 is 0 Å². The van der Waals surface area contributed by atoms with Gasteiger partial charge < -0.3 is 4.43 Å². The lowest BCUT2D eigenvalue weighted by Crippen LogP contribution is -2.48. The molecule has 55 heavy (non-hydrogen) atoms. The summed E-state index contributed by atoms with van der Waals surface area (Å²) in [5, 5.41) is 0. The third-order valence-corrected chi connectivity index (χ3v) is 23.9. The van der Waals surface area contributed by atoms with Gasteiger partial charge in [-0.1, -0.05) is 91.3 Å². The number of ketones is 1. The van der Waals surface area contributed by atoms with Crippen molar-refractivity contribution < 1.29 is 26.1 Å². The second-order valence-electron chi connectivity index (χ2n) is 18.4. The van der Waals surface area contributed by atoms with E-state index >= 15 is 0 Å². The van der Waals surface area contributed by atoms with E-state index in [-0.39, 0.29) is 22.8 Å². The predicted octanol–water partition coefficient (Wildman–Crippen LogP) is 11.4. The Morgan fingerprint density at radius 1 is 0.673 bits per heavy atom. The fourth-order valence-electron chi connectivity index (χ4n) is 12.0. The van der Waals surface area contributed by atoms with E-state index in [1.54, 1.807) is 36.4 Å². The molecule has 0 N–H and O–H groups in total. The third kappa shape index (κ3) is 9.74. The highest BCUT2D eigenvalue weighted by Gasteiger charge is 2.54. The molecule has 4 fully saturated rings. The van der Waals surface area contributed by atoms with Gasteiger partial charge in [-0.15, -0.1) is 0 Å². The summed E-state index contributed by atoms with van der Waals surface area (Å²) < 4.78 is 57.7. The maximum absolute atomic E-state index is 12.8. The first-order valence-corrected chi connectivity index (χ1v) is 27.7. The van der Waals surface area contributed by atoms with Gasteiger partial charge >= 0.3 is 0 Å². The summed E-state index contributed by atoms with van der Waals surface area (Å²) in [4.78, 5) is 13.1. The Kier molecular flexibility index (Phi) is 14.8. The van der Waals surface area contributed by atoms with Crippen LogP contribution < -0.4 is 0 Å². The van der Waals surface area contributed by atoms with Gasteiger partial charge in [-0.25, -0.2) is 16.8 Å². The number of carbonyl (C=O) groups is 1. The van der Waals surface area contributed by atoms with E-state index in [2.05, 4.69) is 48.5 Å². The van der Waals surface area contributed by atoms with Gasteiger partial charge in [0.2, 0.25) is 0 Å². The largest absolute Gasteiger partial charge is 0.414 e. The molecule has 6 rings (SSSR count). The van der Waals surface area contributed by atoms with Crippen LogP contribution in [0.1, 0.15) is 126 Å². The highest BCUT2D eigenvalue weighted by molar-refractivity contribution is 7.91. The van der Waals surface area contributed by atoms with Crippen molar-refractivity contribution >= 4 is 33.8 Å². The predicted molar refractivity (Wildman–Crippen MR) is 228 cm³/mol. The molecule has 9 atom stereocenters. The van der Waals surface area contributed by atoms with Gasteiger partial charge in [0.1, 0.15) is 5.78 Å². The first-order chi connectivity index (χ1) is 26.1. The summed E-state index contributed by atoms with van der Waals surface area (Å²) in [7, 11) is -8.01. The molecular weight excluding hydrogens is 741 g/mol. The van der Waals surface area contributed by atoms with Gasteiger partial charge in [0.15, 0.2) is 28.0 Å². The lowest BCUT2D eigenvalue weighted by molar-refractivity contribution is -0.130. The highest BCUT2D eigenvalue weighted by Crippen LogP contribution is 2.60. The summed E-state index contributed by atoms with van der Waals surface area (Å²) in [6, 6.07) is 21.3. The van der Waals surface area contributed by atoms with Crippen LogP contribution in [0.5, 0.6) is 0 Å². The van der Waals surface area contributed by atoms with Gasteiger partial charge in [0.05, 0.1) is 21.3 Å². The normalized spacial score (nSPS) is 30.8. The fraction of sp³-hybridized carbons (Fsp3) is 0.717. The number of sulfone groups is 2. The first kappa shape index (κ1) is 44.3. The van der Waals surface area contributed by atoms with E-state index in [0.717, 1.165) is 38.5 Å². The van der Waals surface area contributed by atoms with Crippen molar-refractivity contribution in [3.8, 4) is 0 Å². The zero-order valence-electron chi connectivity index (χ0n) is 35.1. The smallest absolute Gasteiger partial charge is 0.192 e. The van der Waals surface area contributed by atoms with Crippen molar-refractivity contribution in [3.05, 3.63) is 60.7 Å². The van der Waals surface area contributed by atoms with Gasteiger partial charge in [-0.2, -0.15) is 0 Å². The molecule has 0 radical (unpaired) electrons. The van der Waals surface area contributed by atoms with E-state index in [1.807, 2.05) is 24.3 Å². The minimum absolute atomic E-state index is 0.0886. The second kappa shape index (κ2) is 18.4. The van der Waals surface area contributed by atoms with Crippen molar-refractivity contribution in [2.24, 2.45) is 46.3 Å². The molecule has 0 unspecified atom stereocenters.